The van der Waals surface area contributed by atoms with Gasteiger partial charge in [0.1, 0.15) is 11.6 Å². The Hall–Kier alpha value is -2.41. The molecule has 112 valence electrons. The number of nitrogens with zero attached hydrogens (tertiary/aromatic N) is 3. The minimum Gasteiger partial charge on any atom is -0.409 e. The average Bonchev–Trinajstić information content (AvgIpc) is 2.87. The van der Waals surface area contributed by atoms with E-state index in [0.717, 1.165) is 24.4 Å². The number of hydrogen-bond acceptors (Lipinski definition) is 4. The molecule has 1 aromatic heterocycles. The molecular formula is C14H18FN5O. The summed E-state index contributed by atoms with van der Waals surface area (Å²) < 4.78 is 15.4. The highest BCUT2D eigenvalue weighted by Crippen LogP contribution is 2.09. The van der Waals surface area contributed by atoms with E-state index in [1.165, 1.54) is 12.1 Å². The van der Waals surface area contributed by atoms with Crippen LogP contribution in [0, 0.1) is 5.82 Å². The molecule has 7 heteroatoms. The summed E-state index contributed by atoms with van der Waals surface area (Å²) in [5.74, 6) is 0.461. The second kappa shape index (κ2) is 6.85. The highest BCUT2D eigenvalue weighted by atomic mass is 19.1. The average molecular weight is 291 g/mol. The van der Waals surface area contributed by atoms with Crippen molar-refractivity contribution in [3.8, 4) is 0 Å². The lowest BCUT2D eigenvalue weighted by atomic mass is 10.1. The van der Waals surface area contributed by atoms with E-state index < -0.39 is 5.82 Å². The van der Waals surface area contributed by atoms with Crippen LogP contribution in [0.4, 0.5) is 4.39 Å². The van der Waals surface area contributed by atoms with Gasteiger partial charge in [0.15, 0.2) is 5.84 Å². The summed E-state index contributed by atoms with van der Waals surface area (Å²) in [5.41, 5.74) is 6.56. The number of nitrogens with one attached hydrogen (secondary N) is 1. The van der Waals surface area contributed by atoms with Crippen LogP contribution in [0.15, 0.2) is 35.7 Å². The Bertz CT molecular complexity index is 638. The minimum atomic E-state index is -0.417. The van der Waals surface area contributed by atoms with Gasteiger partial charge in [-0.15, -0.1) is 0 Å². The molecule has 0 aliphatic carbocycles. The van der Waals surface area contributed by atoms with Gasteiger partial charge < -0.3 is 20.8 Å². The molecule has 1 heterocycles. The monoisotopic (exact) mass is 291 g/mol. The lowest BCUT2D eigenvalue weighted by Gasteiger charge is -2.07. The fourth-order valence-electron chi connectivity index (χ4n) is 2.03. The fraction of sp³-hybridized carbons (Fsp3) is 0.286. The molecule has 0 unspecified atom stereocenters. The Morgan fingerprint density at radius 2 is 2.29 bits per heavy atom. The Balaban J connectivity index is 1.91. The zero-order chi connectivity index (χ0) is 15.2. The van der Waals surface area contributed by atoms with Gasteiger partial charge >= 0.3 is 0 Å². The molecule has 0 atom stereocenters. The second-order valence-corrected chi connectivity index (χ2v) is 4.71. The molecular weight excluding hydrogens is 273 g/mol. The van der Waals surface area contributed by atoms with Crippen LogP contribution in [-0.2, 0) is 20.0 Å². The topological polar surface area (TPSA) is 88.5 Å². The number of aryl methyl sites for hydroxylation is 1. The standard InChI is InChI=1S/C14H18FN5O/c1-20-5-4-18-13(20)2-3-17-9-10-6-11(14(16)19-21)8-12(15)7-10/h4-8,17,21H,2-3,9H2,1H3,(H2,16,19). The summed E-state index contributed by atoms with van der Waals surface area (Å²) in [7, 11) is 1.94. The SMILES string of the molecule is Cn1ccnc1CCNCc1cc(F)cc(/C(N)=N/O)c1. The molecule has 0 aliphatic rings. The van der Waals surface area contributed by atoms with Gasteiger partial charge in [-0.2, -0.15) is 0 Å². The van der Waals surface area contributed by atoms with Crippen molar-refractivity contribution in [3.05, 3.63) is 53.4 Å². The summed E-state index contributed by atoms with van der Waals surface area (Å²) in [4.78, 5) is 4.23. The number of imidazole rings is 1. The molecule has 0 radical (unpaired) electrons. The first kappa shape index (κ1) is 15.0. The molecule has 2 rings (SSSR count). The van der Waals surface area contributed by atoms with E-state index in [1.54, 1.807) is 12.3 Å². The molecule has 4 N–H and O–H groups in total. The van der Waals surface area contributed by atoms with Crippen LogP contribution in [0.1, 0.15) is 17.0 Å². The van der Waals surface area contributed by atoms with Gasteiger partial charge in [0.05, 0.1) is 0 Å². The molecule has 0 saturated heterocycles. The number of nitrogens with two attached hydrogens (primary N) is 1. The van der Waals surface area contributed by atoms with Crippen LogP contribution in [0.3, 0.4) is 0 Å². The third-order valence-corrected chi connectivity index (χ3v) is 3.14. The van der Waals surface area contributed by atoms with Crippen LogP contribution in [0.2, 0.25) is 0 Å². The van der Waals surface area contributed by atoms with Crippen molar-refractivity contribution in [2.75, 3.05) is 6.54 Å². The molecule has 0 aliphatic heterocycles. The van der Waals surface area contributed by atoms with Crippen molar-refractivity contribution in [2.45, 2.75) is 13.0 Å². The highest BCUT2D eigenvalue weighted by molar-refractivity contribution is 5.97. The number of aromatic nitrogens is 2. The summed E-state index contributed by atoms with van der Waals surface area (Å²) in [6.07, 6.45) is 4.43. The van der Waals surface area contributed by atoms with Gasteiger partial charge in [0.2, 0.25) is 0 Å². The van der Waals surface area contributed by atoms with E-state index in [2.05, 4.69) is 15.5 Å². The maximum absolute atomic E-state index is 13.5. The summed E-state index contributed by atoms with van der Waals surface area (Å²) in [5, 5.41) is 14.7. The first-order valence-corrected chi connectivity index (χ1v) is 6.54. The largest absolute Gasteiger partial charge is 0.409 e. The van der Waals surface area contributed by atoms with Gasteiger partial charge in [-0.05, 0) is 23.8 Å². The van der Waals surface area contributed by atoms with E-state index >= 15 is 0 Å². The predicted molar refractivity (Wildman–Crippen MR) is 77.5 cm³/mol. The zero-order valence-corrected chi connectivity index (χ0v) is 11.8. The number of amidine groups is 1. The normalized spacial score (nSPS) is 11.8. The minimum absolute atomic E-state index is 0.108. The fourth-order valence-corrected chi connectivity index (χ4v) is 2.03. The van der Waals surface area contributed by atoms with Gasteiger partial charge in [-0.25, -0.2) is 9.37 Å². The molecule has 0 bridgehead atoms. The van der Waals surface area contributed by atoms with Crippen molar-refractivity contribution >= 4 is 5.84 Å². The van der Waals surface area contributed by atoms with Crippen molar-refractivity contribution < 1.29 is 9.60 Å². The third-order valence-electron chi connectivity index (χ3n) is 3.14. The molecule has 6 nitrogen and oxygen atoms in total. The van der Waals surface area contributed by atoms with Gasteiger partial charge in [-0.3, -0.25) is 0 Å². The number of halogens is 1. The molecule has 0 amide bonds. The molecule has 0 fully saturated rings. The van der Waals surface area contributed by atoms with Crippen molar-refractivity contribution in [1.82, 2.24) is 14.9 Å². The Morgan fingerprint density at radius 1 is 1.48 bits per heavy atom. The number of hydrogen-bond donors (Lipinski definition) is 3. The predicted octanol–water partition coefficient (Wildman–Crippen LogP) is 0.986. The van der Waals surface area contributed by atoms with Crippen molar-refractivity contribution in [3.63, 3.8) is 0 Å². The smallest absolute Gasteiger partial charge is 0.170 e. The molecule has 21 heavy (non-hydrogen) atoms. The van der Waals surface area contributed by atoms with Crippen LogP contribution in [-0.4, -0.2) is 27.1 Å². The van der Waals surface area contributed by atoms with E-state index in [9.17, 15) is 4.39 Å². The van der Waals surface area contributed by atoms with Gasteiger partial charge in [0.25, 0.3) is 0 Å². The highest BCUT2D eigenvalue weighted by Gasteiger charge is 2.05. The van der Waals surface area contributed by atoms with Crippen LogP contribution in [0.25, 0.3) is 0 Å². The maximum Gasteiger partial charge on any atom is 0.170 e. The van der Waals surface area contributed by atoms with Gasteiger partial charge in [-0.1, -0.05) is 5.16 Å². The summed E-state index contributed by atoms with van der Waals surface area (Å²) >= 11 is 0. The van der Waals surface area contributed by atoms with E-state index in [0.29, 0.717) is 12.1 Å². The van der Waals surface area contributed by atoms with Crippen LogP contribution < -0.4 is 11.1 Å². The zero-order valence-electron chi connectivity index (χ0n) is 11.8. The lowest BCUT2D eigenvalue weighted by Crippen LogP contribution is -2.19. The first-order valence-electron chi connectivity index (χ1n) is 6.54. The summed E-state index contributed by atoms with van der Waals surface area (Å²) in [6, 6.07) is 4.33. The Morgan fingerprint density at radius 3 is 2.95 bits per heavy atom. The maximum atomic E-state index is 13.5. The van der Waals surface area contributed by atoms with E-state index in [-0.39, 0.29) is 5.84 Å². The van der Waals surface area contributed by atoms with Crippen LogP contribution >= 0.6 is 0 Å². The number of benzene rings is 1. The number of rotatable bonds is 6. The Kier molecular flexibility index (Phi) is 4.89. The molecule has 2 aromatic rings. The first-order chi connectivity index (χ1) is 10.1. The second-order valence-electron chi connectivity index (χ2n) is 4.71. The van der Waals surface area contributed by atoms with Gasteiger partial charge in [0, 0.05) is 44.5 Å². The van der Waals surface area contributed by atoms with Crippen molar-refractivity contribution in [2.24, 2.45) is 17.9 Å². The van der Waals surface area contributed by atoms with E-state index in [4.69, 9.17) is 10.9 Å². The van der Waals surface area contributed by atoms with Crippen molar-refractivity contribution in [1.29, 1.82) is 0 Å². The Labute approximate surface area is 122 Å². The lowest BCUT2D eigenvalue weighted by molar-refractivity contribution is 0.318. The number of oxime groups is 1. The van der Waals surface area contributed by atoms with E-state index in [1.807, 2.05) is 17.8 Å². The molecule has 0 spiro atoms. The molecule has 0 saturated carbocycles. The summed E-state index contributed by atoms with van der Waals surface area (Å²) in [6.45, 7) is 1.22. The quantitative estimate of drug-likeness (QED) is 0.243. The third kappa shape index (κ3) is 4.03. The van der Waals surface area contributed by atoms with Crippen LogP contribution in [0.5, 0.6) is 0 Å². The molecule has 1 aromatic carbocycles.